The van der Waals surface area contributed by atoms with Crippen LogP contribution in [-0.4, -0.2) is 0 Å². The van der Waals surface area contributed by atoms with Gasteiger partial charge in [-0.05, 0) is 27.9 Å². The molecule has 94 valence electrons. The molecule has 0 atom stereocenters. The Morgan fingerprint density at radius 3 is 1.59 bits per heavy atom. The quantitative estimate of drug-likeness (QED) is 0.629. The fourth-order valence-corrected chi connectivity index (χ4v) is 3.12. The highest BCUT2D eigenvalue weighted by Crippen LogP contribution is 2.47. The van der Waals surface area contributed by atoms with Crippen molar-refractivity contribution in [2.75, 3.05) is 0 Å². The average Bonchev–Trinajstić information content (AvgIpc) is 2.14. The Labute approximate surface area is 107 Å². The number of benzene rings is 1. The lowest BCUT2D eigenvalue weighted by Crippen LogP contribution is -2.30. The summed E-state index contributed by atoms with van der Waals surface area (Å²) in [5, 5.41) is 0. The number of hydrogen-bond acceptors (Lipinski definition) is 0. The Morgan fingerprint density at radius 2 is 1.29 bits per heavy atom. The fraction of sp³-hybridized carbons (Fsp3) is 0.529. The van der Waals surface area contributed by atoms with Gasteiger partial charge in [0.25, 0.3) is 0 Å². The summed E-state index contributed by atoms with van der Waals surface area (Å²) in [6.07, 6.45) is 1.90. The topological polar surface area (TPSA) is 0 Å². The molecule has 0 bridgehead atoms. The van der Waals surface area contributed by atoms with E-state index in [0.29, 0.717) is 5.92 Å². The van der Waals surface area contributed by atoms with E-state index in [1.54, 1.807) is 0 Å². The van der Waals surface area contributed by atoms with Gasteiger partial charge in [0.15, 0.2) is 0 Å². The Hall–Kier alpha value is -1.04. The van der Waals surface area contributed by atoms with Crippen LogP contribution in [0.25, 0.3) is 6.08 Å². The molecular weight excluding hydrogens is 204 g/mol. The first-order chi connectivity index (χ1) is 7.66. The summed E-state index contributed by atoms with van der Waals surface area (Å²) in [4.78, 5) is 0. The van der Waals surface area contributed by atoms with Gasteiger partial charge in [-0.25, -0.2) is 0 Å². The monoisotopic (exact) mass is 230 g/mol. The highest BCUT2D eigenvalue weighted by Gasteiger charge is 2.35. The Bertz CT molecular complexity index is 354. The molecule has 0 amide bonds. The van der Waals surface area contributed by atoms with Crippen LogP contribution in [0.15, 0.2) is 30.8 Å². The van der Waals surface area contributed by atoms with Crippen molar-refractivity contribution in [1.82, 2.24) is 0 Å². The second-order valence-electron chi connectivity index (χ2n) is 7.04. The van der Waals surface area contributed by atoms with E-state index >= 15 is 0 Å². The fourth-order valence-electron chi connectivity index (χ4n) is 3.12. The van der Waals surface area contributed by atoms with Crippen molar-refractivity contribution in [3.63, 3.8) is 0 Å². The first kappa shape index (κ1) is 14.0. The zero-order valence-electron chi connectivity index (χ0n) is 12.2. The molecule has 1 aromatic rings. The summed E-state index contributed by atoms with van der Waals surface area (Å²) in [6, 6.07) is 8.82. The van der Waals surface area contributed by atoms with Crippen molar-refractivity contribution in [2.45, 2.75) is 47.5 Å². The van der Waals surface area contributed by atoms with Crippen LogP contribution in [0.2, 0.25) is 0 Å². The van der Waals surface area contributed by atoms with Gasteiger partial charge in [0.1, 0.15) is 0 Å². The zero-order valence-corrected chi connectivity index (χ0v) is 12.2. The smallest absolute Gasteiger partial charge is 0.00646 e. The van der Waals surface area contributed by atoms with Crippen LogP contribution < -0.4 is 0 Å². The third kappa shape index (κ3) is 3.46. The van der Waals surface area contributed by atoms with Crippen molar-refractivity contribution < 1.29 is 0 Å². The highest BCUT2D eigenvalue weighted by atomic mass is 14.4. The first-order valence-corrected chi connectivity index (χ1v) is 6.38. The molecule has 0 aromatic heterocycles. The minimum absolute atomic E-state index is 0.272. The molecule has 0 aliphatic rings. The highest BCUT2D eigenvalue weighted by molar-refractivity contribution is 5.47. The minimum Gasteiger partial charge on any atom is -0.0985 e. The van der Waals surface area contributed by atoms with Crippen LogP contribution in [0.1, 0.15) is 58.6 Å². The predicted octanol–water partition coefficient (Wildman–Crippen LogP) is 5.51. The van der Waals surface area contributed by atoms with Crippen LogP contribution in [0, 0.1) is 10.8 Å². The predicted molar refractivity (Wildman–Crippen MR) is 78.2 cm³/mol. The van der Waals surface area contributed by atoms with Crippen LogP contribution in [-0.2, 0) is 0 Å². The van der Waals surface area contributed by atoms with Gasteiger partial charge in [-0.3, -0.25) is 0 Å². The molecule has 0 fully saturated rings. The molecule has 0 heterocycles. The van der Waals surface area contributed by atoms with Crippen molar-refractivity contribution in [1.29, 1.82) is 0 Å². The number of rotatable bonds is 2. The van der Waals surface area contributed by atoms with Crippen molar-refractivity contribution in [3.05, 3.63) is 42.0 Å². The molecule has 0 N–H and O–H groups in total. The summed E-state index contributed by atoms with van der Waals surface area (Å²) in [5.41, 5.74) is 3.16. The molecule has 0 saturated carbocycles. The molecule has 1 rings (SSSR count). The van der Waals surface area contributed by atoms with Gasteiger partial charge in [0.2, 0.25) is 0 Å². The maximum Gasteiger partial charge on any atom is -0.00646 e. The zero-order chi connectivity index (χ0) is 13.3. The average molecular weight is 230 g/mol. The van der Waals surface area contributed by atoms with Gasteiger partial charge in [0.05, 0.1) is 0 Å². The molecule has 1 aromatic carbocycles. The van der Waals surface area contributed by atoms with Gasteiger partial charge in [-0.1, -0.05) is 78.5 Å². The standard InChI is InChI=1S/C17H26/c1-8-13-9-11-14(12-10-13)15(16(2,3)4)17(5,6)7/h8-12,15H,1H2,2-7H3. The van der Waals surface area contributed by atoms with E-state index in [2.05, 4.69) is 72.4 Å². The molecule has 0 saturated heterocycles. The minimum atomic E-state index is 0.272. The maximum atomic E-state index is 3.80. The van der Waals surface area contributed by atoms with Gasteiger partial charge in [-0.2, -0.15) is 0 Å². The van der Waals surface area contributed by atoms with Gasteiger partial charge < -0.3 is 0 Å². The van der Waals surface area contributed by atoms with E-state index in [1.165, 1.54) is 11.1 Å². The molecule has 0 unspecified atom stereocenters. The lowest BCUT2D eigenvalue weighted by Gasteiger charge is -2.41. The second-order valence-corrected chi connectivity index (χ2v) is 7.04. The lowest BCUT2D eigenvalue weighted by molar-refractivity contribution is 0.176. The summed E-state index contributed by atoms with van der Waals surface area (Å²) in [5.74, 6) is 0.550. The normalized spacial score (nSPS) is 12.9. The second kappa shape index (κ2) is 4.68. The SMILES string of the molecule is C=Cc1ccc(C(C(C)(C)C)C(C)(C)C)cc1. The number of hydrogen-bond donors (Lipinski definition) is 0. The van der Waals surface area contributed by atoms with Crippen LogP contribution >= 0.6 is 0 Å². The van der Waals surface area contributed by atoms with Gasteiger partial charge in [0, 0.05) is 0 Å². The molecule has 0 aliphatic carbocycles. The molecule has 17 heavy (non-hydrogen) atoms. The van der Waals surface area contributed by atoms with E-state index in [1.807, 2.05) is 6.08 Å². The van der Waals surface area contributed by atoms with Gasteiger partial charge in [-0.15, -0.1) is 0 Å². The van der Waals surface area contributed by atoms with E-state index in [-0.39, 0.29) is 10.8 Å². The van der Waals surface area contributed by atoms with Gasteiger partial charge >= 0.3 is 0 Å². The Balaban J connectivity index is 3.19. The summed E-state index contributed by atoms with van der Waals surface area (Å²) in [7, 11) is 0. The lowest BCUT2D eigenvalue weighted by atomic mass is 9.63. The van der Waals surface area contributed by atoms with E-state index in [0.717, 1.165) is 0 Å². The van der Waals surface area contributed by atoms with Crippen molar-refractivity contribution in [3.8, 4) is 0 Å². The summed E-state index contributed by atoms with van der Waals surface area (Å²) >= 11 is 0. The van der Waals surface area contributed by atoms with E-state index in [4.69, 9.17) is 0 Å². The molecule has 0 radical (unpaired) electrons. The molecule has 0 heteroatoms. The van der Waals surface area contributed by atoms with Crippen LogP contribution in [0.4, 0.5) is 0 Å². The van der Waals surface area contributed by atoms with Crippen LogP contribution in [0.5, 0.6) is 0 Å². The largest absolute Gasteiger partial charge is 0.0985 e. The third-order valence-corrected chi connectivity index (χ3v) is 3.24. The Morgan fingerprint density at radius 1 is 0.882 bits per heavy atom. The molecule has 0 aliphatic heterocycles. The van der Waals surface area contributed by atoms with E-state index < -0.39 is 0 Å². The van der Waals surface area contributed by atoms with Crippen LogP contribution in [0.3, 0.4) is 0 Å². The third-order valence-electron chi connectivity index (χ3n) is 3.24. The summed E-state index contributed by atoms with van der Waals surface area (Å²) < 4.78 is 0. The van der Waals surface area contributed by atoms with Crippen molar-refractivity contribution in [2.24, 2.45) is 10.8 Å². The molecule has 0 spiro atoms. The van der Waals surface area contributed by atoms with E-state index in [9.17, 15) is 0 Å². The maximum absolute atomic E-state index is 3.80. The molecule has 0 nitrogen and oxygen atoms in total. The summed E-state index contributed by atoms with van der Waals surface area (Å²) in [6.45, 7) is 17.7. The Kier molecular flexibility index (Phi) is 3.86. The molecular formula is C17H26. The first-order valence-electron chi connectivity index (χ1n) is 6.38. The van der Waals surface area contributed by atoms with Crippen molar-refractivity contribution >= 4 is 6.08 Å².